The Morgan fingerprint density at radius 3 is 2.40 bits per heavy atom. The molecule has 0 amide bonds. The van der Waals surface area contributed by atoms with E-state index in [1.807, 2.05) is 0 Å². The van der Waals surface area contributed by atoms with Crippen molar-refractivity contribution in [2.24, 2.45) is 0 Å². The molecule has 0 saturated carbocycles. The fourth-order valence-electron chi connectivity index (χ4n) is 2.79. The number of rotatable bonds is 3. The summed E-state index contributed by atoms with van der Waals surface area (Å²) in [7, 11) is 0. The van der Waals surface area contributed by atoms with Crippen LogP contribution in [0.4, 0.5) is 5.69 Å². The minimum Gasteiger partial charge on any atom is -0.384 e. The maximum atomic E-state index is 3.46. The molecule has 1 aliphatic rings. The molecule has 0 atom stereocenters. The summed E-state index contributed by atoms with van der Waals surface area (Å²) in [6, 6.07) is 15.8. The first-order valence-corrected chi connectivity index (χ1v) is 7.58. The van der Waals surface area contributed by atoms with Gasteiger partial charge in [-0.2, -0.15) is 0 Å². The molecule has 1 nitrogen and oxygen atoms in total. The van der Waals surface area contributed by atoms with Crippen LogP contribution < -0.4 is 5.32 Å². The minimum atomic E-state index is 0.262. The predicted octanol–water partition coefficient (Wildman–Crippen LogP) is 5.01. The number of benzene rings is 2. The smallest absolute Gasteiger partial charge is 0.0379 e. The third-order valence-electron chi connectivity index (χ3n) is 4.70. The van der Waals surface area contributed by atoms with Crippen molar-refractivity contribution in [1.82, 2.24) is 0 Å². The topological polar surface area (TPSA) is 12.0 Å². The molecule has 1 N–H and O–H groups in total. The third kappa shape index (κ3) is 2.33. The molecule has 0 aromatic heterocycles. The van der Waals surface area contributed by atoms with Crippen molar-refractivity contribution >= 4 is 5.69 Å². The summed E-state index contributed by atoms with van der Waals surface area (Å²) in [6.07, 6.45) is 2.31. The molecule has 0 aliphatic carbocycles. The second kappa shape index (κ2) is 4.97. The minimum absolute atomic E-state index is 0.262. The van der Waals surface area contributed by atoms with Crippen LogP contribution in [-0.2, 0) is 11.8 Å². The Labute approximate surface area is 122 Å². The van der Waals surface area contributed by atoms with Crippen LogP contribution in [-0.4, -0.2) is 6.54 Å². The molecule has 2 aromatic carbocycles. The quantitative estimate of drug-likeness (QED) is 0.822. The molecule has 0 radical (unpaired) electrons. The van der Waals surface area contributed by atoms with Gasteiger partial charge in [-0.05, 0) is 46.6 Å². The van der Waals surface area contributed by atoms with Crippen LogP contribution in [0.25, 0.3) is 11.1 Å². The highest BCUT2D eigenvalue weighted by Crippen LogP contribution is 2.31. The van der Waals surface area contributed by atoms with Gasteiger partial charge in [0.25, 0.3) is 0 Å². The fourth-order valence-corrected chi connectivity index (χ4v) is 2.79. The zero-order valence-electron chi connectivity index (χ0n) is 12.7. The van der Waals surface area contributed by atoms with E-state index in [9.17, 15) is 0 Å². The summed E-state index contributed by atoms with van der Waals surface area (Å²) in [5.74, 6) is 0. The van der Waals surface area contributed by atoms with E-state index in [4.69, 9.17) is 0 Å². The lowest BCUT2D eigenvalue weighted by Gasteiger charge is -2.23. The molecular weight excluding hydrogens is 242 g/mol. The summed E-state index contributed by atoms with van der Waals surface area (Å²) in [5, 5.41) is 3.46. The van der Waals surface area contributed by atoms with Gasteiger partial charge < -0.3 is 5.32 Å². The summed E-state index contributed by atoms with van der Waals surface area (Å²) in [6.45, 7) is 7.94. The Balaban J connectivity index is 1.92. The molecule has 3 rings (SSSR count). The monoisotopic (exact) mass is 265 g/mol. The van der Waals surface area contributed by atoms with E-state index in [1.54, 1.807) is 0 Å². The maximum Gasteiger partial charge on any atom is 0.0379 e. The molecule has 0 bridgehead atoms. The van der Waals surface area contributed by atoms with Crippen LogP contribution in [0, 0.1) is 0 Å². The van der Waals surface area contributed by atoms with Gasteiger partial charge in [0.2, 0.25) is 0 Å². The molecule has 1 heteroatoms. The Morgan fingerprint density at radius 2 is 1.70 bits per heavy atom. The molecule has 0 saturated heterocycles. The lowest BCUT2D eigenvalue weighted by atomic mass is 9.82. The van der Waals surface area contributed by atoms with Crippen LogP contribution >= 0.6 is 0 Å². The first-order valence-electron chi connectivity index (χ1n) is 7.58. The van der Waals surface area contributed by atoms with Crippen LogP contribution in [0.1, 0.15) is 38.3 Å². The molecular formula is C19H23N. The van der Waals surface area contributed by atoms with E-state index >= 15 is 0 Å². The van der Waals surface area contributed by atoms with Crippen molar-refractivity contribution in [1.29, 1.82) is 0 Å². The molecule has 2 aromatic rings. The Morgan fingerprint density at radius 1 is 1.00 bits per heavy atom. The van der Waals surface area contributed by atoms with Crippen LogP contribution in [0.2, 0.25) is 0 Å². The van der Waals surface area contributed by atoms with E-state index in [1.165, 1.54) is 27.9 Å². The molecule has 0 unspecified atom stereocenters. The van der Waals surface area contributed by atoms with Crippen molar-refractivity contribution in [2.45, 2.75) is 39.0 Å². The molecule has 20 heavy (non-hydrogen) atoms. The molecule has 104 valence electrons. The predicted molar refractivity (Wildman–Crippen MR) is 87.4 cm³/mol. The number of hydrogen-bond acceptors (Lipinski definition) is 1. The summed E-state index contributed by atoms with van der Waals surface area (Å²) in [5.41, 5.74) is 7.04. The molecule has 1 aliphatic heterocycles. The largest absolute Gasteiger partial charge is 0.384 e. The SMILES string of the molecule is CCC(C)(C)c1ccc(-c2ccc3c(c2)NCC3)cc1. The fraction of sp³-hybridized carbons (Fsp3) is 0.368. The van der Waals surface area contributed by atoms with Gasteiger partial charge in [-0.3, -0.25) is 0 Å². The Bertz CT molecular complexity index is 608. The molecule has 1 heterocycles. The highest BCUT2D eigenvalue weighted by molar-refractivity contribution is 5.71. The zero-order chi connectivity index (χ0) is 14.2. The molecule has 0 fully saturated rings. The van der Waals surface area contributed by atoms with Gasteiger partial charge in [-0.15, -0.1) is 0 Å². The van der Waals surface area contributed by atoms with Gasteiger partial charge in [0.1, 0.15) is 0 Å². The van der Waals surface area contributed by atoms with Crippen LogP contribution in [0.5, 0.6) is 0 Å². The van der Waals surface area contributed by atoms with Crippen molar-refractivity contribution in [3.05, 3.63) is 53.6 Å². The van der Waals surface area contributed by atoms with Gasteiger partial charge in [0.15, 0.2) is 0 Å². The third-order valence-corrected chi connectivity index (χ3v) is 4.70. The van der Waals surface area contributed by atoms with Crippen molar-refractivity contribution in [3.8, 4) is 11.1 Å². The molecule has 0 spiro atoms. The number of hydrogen-bond donors (Lipinski definition) is 1. The first-order chi connectivity index (χ1) is 9.60. The Kier molecular flexibility index (Phi) is 3.29. The number of nitrogens with one attached hydrogen (secondary N) is 1. The first kappa shape index (κ1) is 13.2. The Hall–Kier alpha value is -1.76. The van der Waals surface area contributed by atoms with Gasteiger partial charge in [-0.1, -0.05) is 57.2 Å². The van der Waals surface area contributed by atoms with Crippen molar-refractivity contribution in [3.63, 3.8) is 0 Å². The maximum absolute atomic E-state index is 3.46. The summed E-state index contributed by atoms with van der Waals surface area (Å²) < 4.78 is 0. The van der Waals surface area contributed by atoms with Gasteiger partial charge >= 0.3 is 0 Å². The average Bonchev–Trinajstić information content (AvgIpc) is 2.94. The van der Waals surface area contributed by atoms with E-state index in [2.05, 4.69) is 68.6 Å². The highest BCUT2D eigenvalue weighted by atomic mass is 14.9. The van der Waals surface area contributed by atoms with Crippen molar-refractivity contribution < 1.29 is 0 Å². The van der Waals surface area contributed by atoms with Crippen molar-refractivity contribution in [2.75, 3.05) is 11.9 Å². The zero-order valence-corrected chi connectivity index (χ0v) is 12.7. The summed E-state index contributed by atoms with van der Waals surface area (Å²) >= 11 is 0. The lowest BCUT2D eigenvalue weighted by Crippen LogP contribution is -2.14. The standard InChI is InChI=1S/C19H23N/c1-4-19(2,3)17-9-7-14(8-10-17)16-6-5-15-11-12-20-18(15)13-16/h5-10,13,20H,4,11-12H2,1-3H3. The van der Waals surface area contributed by atoms with E-state index in [0.717, 1.165) is 19.4 Å². The number of fused-ring (bicyclic) bond motifs is 1. The summed E-state index contributed by atoms with van der Waals surface area (Å²) in [4.78, 5) is 0. The van der Waals surface area contributed by atoms with Gasteiger partial charge in [0.05, 0.1) is 0 Å². The van der Waals surface area contributed by atoms with Crippen LogP contribution in [0.3, 0.4) is 0 Å². The van der Waals surface area contributed by atoms with Gasteiger partial charge in [-0.25, -0.2) is 0 Å². The van der Waals surface area contributed by atoms with E-state index in [0.29, 0.717) is 0 Å². The number of anilines is 1. The van der Waals surface area contributed by atoms with E-state index in [-0.39, 0.29) is 5.41 Å². The van der Waals surface area contributed by atoms with Gasteiger partial charge in [0, 0.05) is 12.2 Å². The second-order valence-corrected chi connectivity index (χ2v) is 6.36. The van der Waals surface area contributed by atoms with Crippen LogP contribution in [0.15, 0.2) is 42.5 Å². The second-order valence-electron chi connectivity index (χ2n) is 6.36. The highest BCUT2D eigenvalue weighted by Gasteiger charge is 2.17. The van der Waals surface area contributed by atoms with E-state index < -0.39 is 0 Å². The average molecular weight is 265 g/mol. The lowest BCUT2D eigenvalue weighted by molar-refractivity contribution is 0.506. The normalized spacial score (nSPS) is 13.9.